The van der Waals surface area contributed by atoms with Crippen molar-refractivity contribution in [2.75, 3.05) is 0 Å². The summed E-state index contributed by atoms with van der Waals surface area (Å²) in [6, 6.07) is 33.5. The van der Waals surface area contributed by atoms with Gasteiger partial charge in [0.25, 0.3) is 15.9 Å². The van der Waals surface area contributed by atoms with Crippen molar-refractivity contribution in [3.63, 3.8) is 0 Å². The first-order valence-electron chi connectivity index (χ1n) is 14.3. The average molecular weight is 619 g/mol. The molecule has 7 rings (SSSR count). The molecule has 0 spiro atoms. The molecule has 1 N–H and O–H groups in total. The highest BCUT2D eigenvalue weighted by atomic mass is 35.5. The van der Waals surface area contributed by atoms with Crippen LogP contribution in [-0.2, 0) is 15.8 Å². The first kappa shape index (κ1) is 28.0. The molecule has 44 heavy (non-hydrogen) atoms. The first-order chi connectivity index (χ1) is 21.3. The Labute approximate surface area is 259 Å². The average Bonchev–Trinajstić information content (AvgIpc) is 3.85. The summed E-state index contributed by atoms with van der Waals surface area (Å²) in [6.07, 6.45) is 3.77. The maximum absolute atomic E-state index is 13.4. The van der Waals surface area contributed by atoms with Crippen LogP contribution in [0.5, 0.6) is 0 Å². The Balaban J connectivity index is 1.45. The van der Waals surface area contributed by atoms with Gasteiger partial charge in [0, 0.05) is 39.3 Å². The van der Waals surface area contributed by atoms with Crippen LogP contribution in [0.1, 0.15) is 28.8 Å². The second-order valence-corrected chi connectivity index (χ2v) is 13.0. The summed E-state index contributed by atoms with van der Waals surface area (Å²) in [7, 11) is -3.91. The van der Waals surface area contributed by atoms with Crippen molar-refractivity contribution in [2.24, 2.45) is 4.40 Å². The van der Waals surface area contributed by atoms with Gasteiger partial charge in [0.05, 0.1) is 16.8 Å². The molecule has 0 bridgehead atoms. The van der Waals surface area contributed by atoms with Gasteiger partial charge in [-0.25, -0.2) is 8.42 Å². The van der Waals surface area contributed by atoms with E-state index < -0.39 is 10.0 Å². The van der Waals surface area contributed by atoms with Gasteiger partial charge in [0.15, 0.2) is 5.49 Å². The molecule has 0 atom stereocenters. The van der Waals surface area contributed by atoms with E-state index in [1.54, 1.807) is 48.7 Å². The summed E-state index contributed by atoms with van der Waals surface area (Å²) in [4.78, 5) is 17.4. The Morgan fingerprint density at radius 2 is 1.61 bits per heavy atom. The number of sulfonamides is 1. The predicted molar refractivity (Wildman–Crippen MR) is 174 cm³/mol. The lowest BCUT2D eigenvalue weighted by Crippen LogP contribution is -2.25. The number of hydrogen-bond donors (Lipinski definition) is 1. The number of carbonyl (C=O) groups is 1. The van der Waals surface area contributed by atoms with Crippen molar-refractivity contribution in [1.82, 2.24) is 14.9 Å². The fourth-order valence-electron chi connectivity index (χ4n) is 5.29. The van der Waals surface area contributed by atoms with Crippen molar-refractivity contribution >= 4 is 49.3 Å². The summed E-state index contributed by atoms with van der Waals surface area (Å²) in [5.41, 5.74) is 5.53. The molecule has 4 aromatic carbocycles. The fourth-order valence-corrected chi connectivity index (χ4v) is 6.52. The second kappa shape index (κ2) is 11.4. The van der Waals surface area contributed by atoms with Crippen LogP contribution in [0, 0.1) is 0 Å². The van der Waals surface area contributed by atoms with Crippen molar-refractivity contribution < 1.29 is 13.2 Å². The van der Waals surface area contributed by atoms with E-state index in [1.807, 2.05) is 71.3 Å². The molecular formula is C35H27ClN4O3S. The van der Waals surface area contributed by atoms with Gasteiger partial charge >= 0.3 is 0 Å². The lowest BCUT2D eigenvalue weighted by Gasteiger charge is -2.16. The van der Waals surface area contributed by atoms with Crippen molar-refractivity contribution in [1.29, 1.82) is 0 Å². The highest BCUT2D eigenvalue weighted by Crippen LogP contribution is 2.30. The zero-order valence-electron chi connectivity index (χ0n) is 23.5. The monoisotopic (exact) mass is 618 g/mol. The fraction of sp³-hybridized carbons (Fsp3) is 0.114. The largest absolute Gasteiger partial charge is 0.349 e. The Morgan fingerprint density at radius 3 is 2.34 bits per heavy atom. The number of benzene rings is 4. The van der Waals surface area contributed by atoms with Crippen LogP contribution < -0.4 is 10.8 Å². The minimum Gasteiger partial charge on any atom is -0.349 e. The third-order valence-corrected chi connectivity index (χ3v) is 9.05. The number of amides is 1. The number of nitrogens with one attached hydrogen (secondary N) is 1. The third-order valence-electron chi connectivity index (χ3n) is 7.63. The van der Waals surface area contributed by atoms with Crippen molar-refractivity contribution in [3.05, 3.63) is 137 Å². The molecule has 0 aliphatic heterocycles. The summed E-state index contributed by atoms with van der Waals surface area (Å²) in [6.45, 7) is 0. The number of nitrogens with zero attached hydrogens (tertiary/aromatic N) is 3. The zero-order valence-corrected chi connectivity index (χ0v) is 25.1. The molecule has 218 valence electrons. The SMILES string of the molecule is O=C(NC1CC1)c1ccc(-n2/c(=N/S(=O)(=O)Cc3ccccc3)ccc3cnc4ccc(-c5ccc(Cl)cc5)cc4c32)cc1. The Hall–Kier alpha value is -4.79. The first-order valence-corrected chi connectivity index (χ1v) is 16.3. The van der Waals surface area contributed by atoms with Crippen LogP contribution in [0.4, 0.5) is 0 Å². The molecule has 1 aliphatic rings. The Bertz CT molecular complexity index is 2210. The number of carbonyl (C=O) groups excluding carboxylic acids is 1. The van der Waals surface area contributed by atoms with Crippen LogP contribution in [-0.4, -0.2) is 29.9 Å². The smallest absolute Gasteiger partial charge is 0.259 e. The number of rotatable bonds is 7. The number of hydrogen-bond acceptors (Lipinski definition) is 4. The van der Waals surface area contributed by atoms with Gasteiger partial charge in [0.1, 0.15) is 0 Å². The van der Waals surface area contributed by atoms with E-state index in [9.17, 15) is 13.2 Å². The maximum Gasteiger partial charge on any atom is 0.259 e. The maximum atomic E-state index is 13.4. The van der Waals surface area contributed by atoms with Gasteiger partial charge in [0.2, 0.25) is 0 Å². The molecule has 2 heterocycles. The molecule has 9 heteroatoms. The topological polar surface area (TPSA) is 93.4 Å². The van der Waals surface area contributed by atoms with E-state index in [4.69, 9.17) is 11.6 Å². The Kier molecular flexibility index (Phi) is 7.24. The van der Waals surface area contributed by atoms with Crippen LogP contribution in [0.2, 0.25) is 5.02 Å². The van der Waals surface area contributed by atoms with Crippen molar-refractivity contribution in [3.8, 4) is 16.8 Å². The van der Waals surface area contributed by atoms with Gasteiger partial charge in [-0.05, 0) is 90.2 Å². The Morgan fingerprint density at radius 1 is 0.886 bits per heavy atom. The molecule has 1 aliphatic carbocycles. The van der Waals surface area contributed by atoms with E-state index in [1.165, 1.54) is 0 Å². The molecule has 0 saturated heterocycles. The van der Waals surface area contributed by atoms with Gasteiger partial charge in [-0.1, -0.05) is 60.1 Å². The molecule has 2 aromatic heterocycles. The predicted octanol–water partition coefficient (Wildman–Crippen LogP) is 6.82. The molecule has 1 amide bonds. The van der Waals surface area contributed by atoms with Crippen molar-refractivity contribution in [2.45, 2.75) is 24.6 Å². The lowest BCUT2D eigenvalue weighted by atomic mass is 10.0. The summed E-state index contributed by atoms with van der Waals surface area (Å²) in [5, 5.41) is 5.29. The summed E-state index contributed by atoms with van der Waals surface area (Å²) < 4.78 is 33.0. The van der Waals surface area contributed by atoms with E-state index in [0.717, 1.165) is 45.8 Å². The van der Waals surface area contributed by atoms with Gasteiger partial charge in [-0.15, -0.1) is 4.40 Å². The quantitative estimate of drug-likeness (QED) is 0.199. The van der Waals surface area contributed by atoms with Crippen LogP contribution in [0.25, 0.3) is 38.6 Å². The third kappa shape index (κ3) is 5.86. The van der Waals surface area contributed by atoms with E-state index in [-0.39, 0.29) is 23.2 Å². The molecule has 6 aromatic rings. The van der Waals surface area contributed by atoms with Gasteiger partial charge in [-0.3, -0.25) is 14.3 Å². The number of halogens is 1. The molecule has 1 fully saturated rings. The highest BCUT2D eigenvalue weighted by Gasteiger charge is 2.24. The molecule has 7 nitrogen and oxygen atoms in total. The molecule has 0 unspecified atom stereocenters. The summed E-state index contributed by atoms with van der Waals surface area (Å²) >= 11 is 6.14. The molecule has 0 radical (unpaired) electrons. The van der Waals surface area contributed by atoms with Crippen LogP contribution in [0.15, 0.2) is 120 Å². The number of fused-ring (bicyclic) bond motifs is 3. The summed E-state index contributed by atoms with van der Waals surface area (Å²) in [5.74, 6) is -0.358. The number of pyridine rings is 2. The van der Waals surface area contributed by atoms with Gasteiger partial charge in [-0.2, -0.15) is 0 Å². The molecular weight excluding hydrogens is 592 g/mol. The van der Waals surface area contributed by atoms with Crippen LogP contribution >= 0.6 is 11.6 Å². The second-order valence-electron chi connectivity index (χ2n) is 10.9. The van der Waals surface area contributed by atoms with Gasteiger partial charge < -0.3 is 5.32 Å². The van der Waals surface area contributed by atoms with E-state index in [2.05, 4.69) is 14.7 Å². The van der Waals surface area contributed by atoms with E-state index >= 15 is 0 Å². The minimum absolute atomic E-state index is 0.125. The highest BCUT2D eigenvalue weighted by molar-refractivity contribution is 7.89. The lowest BCUT2D eigenvalue weighted by molar-refractivity contribution is 0.0951. The van der Waals surface area contributed by atoms with E-state index in [0.29, 0.717) is 21.8 Å². The molecule has 1 saturated carbocycles. The minimum atomic E-state index is -3.91. The normalized spacial score (nSPS) is 13.8. The van der Waals surface area contributed by atoms with Crippen LogP contribution in [0.3, 0.4) is 0 Å². The number of aromatic nitrogens is 2. The zero-order chi connectivity index (χ0) is 30.3. The standard InChI is InChI=1S/C35H27ClN4O3S/c36-28-12-6-24(7-13-28)26-10-18-32-31(20-26)34-27(21-37-32)11-19-33(39-44(42,43)22-23-4-2-1-3-5-23)40(34)30-16-8-25(9-17-30)35(41)38-29-14-15-29/h1-13,16-21,29H,14-15,22H2,(H,38,41)/b39-33+.